The van der Waals surface area contributed by atoms with Crippen molar-refractivity contribution in [2.45, 2.75) is 13.5 Å². The standard InChI is InChI=1S/C22H18Br2ClNO2/c1-2-27-19-8-6-18(7-9-19)26-13-16-11-20(23)22(21(24)12-16)28-14-15-4-3-5-17(25)10-15/h3-13H,2,14H2,1H3. The minimum absolute atomic E-state index is 0.428. The Bertz CT molecular complexity index is 952. The zero-order valence-corrected chi connectivity index (χ0v) is 19.1. The van der Waals surface area contributed by atoms with Crippen LogP contribution in [0.1, 0.15) is 18.1 Å². The lowest BCUT2D eigenvalue weighted by molar-refractivity contribution is 0.302. The topological polar surface area (TPSA) is 30.8 Å². The number of halogens is 3. The monoisotopic (exact) mass is 521 g/mol. The molecule has 144 valence electrons. The molecule has 0 aromatic heterocycles. The molecule has 0 aliphatic rings. The molecule has 0 saturated carbocycles. The minimum atomic E-state index is 0.428. The Morgan fingerprint density at radius 1 is 0.964 bits per heavy atom. The zero-order valence-electron chi connectivity index (χ0n) is 15.2. The van der Waals surface area contributed by atoms with E-state index in [0.29, 0.717) is 18.2 Å². The smallest absolute Gasteiger partial charge is 0.148 e. The number of rotatable bonds is 7. The number of hydrogen-bond donors (Lipinski definition) is 0. The fourth-order valence-electron chi connectivity index (χ4n) is 2.52. The molecule has 0 spiro atoms. The van der Waals surface area contributed by atoms with Gasteiger partial charge in [0.2, 0.25) is 0 Å². The van der Waals surface area contributed by atoms with Gasteiger partial charge in [0.25, 0.3) is 0 Å². The van der Waals surface area contributed by atoms with Crippen LogP contribution in [0.5, 0.6) is 11.5 Å². The van der Waals surface area contributed by atoms with Crippen LogP contribution in [-0.4, -0.2) is 12.8 Å². The summed E-state index contributed by atoms with van der Waals surface area (Å²) in [4.78, 5) is 4.52. The Morgan fingerprint density at radius 2 is 1.68 bits per heavy atom. The van der Waals surface area contributed by atoms with Gasteiger partial charge in [0, 0.05) is 11.2 Å². The summed E-state index contributed by atoms with van der Waals surface area (Å²) in [6.45, 7) is 3.04. The molecular formula is C22H18Br2ClNO2. The van der Waals surface area contributed by atoms with Crippen molar-refractivity contribution in [1.82, 2.24) is 0 Å². The Hall–Kier alpha value is -1.82. The second-order valence-corrected chi connectivity index (χ2v) is 8.06. The van der Waals surface area contributed by atoms with Gasteiger partial charge in [-0.15, -0.1) is 0 Å². The maximum Gasteiger partial charge on any atom is 0.148 e. The first-order chi connectivity index (χ1) is 13.5. The summed E-state index contributed by atoms with van der Waals surface area (Å²) >= 11 is 13.2. The molecule has 0 saturated heterocycles. The van der Waals surface area contributed by atoms with E-state index in [-0.39, 0.29) is 0 Å². The third-order valence-corrected chi connectivity index (χ3v) is 5.22. The van der Waals surface area contributed by atoms with Gasteiger partial charge in [-0.05, 0) is 98.4 Å². The van der Waals surface area contributed by atoms with Crippen LogP contribution in [-0.2, 0) is 6.61 Å². The normalized spacial score (nSPS) is 11.0. The number of ether oxygens (including phenoxy) is 2. The molecule has 0 amide bonds. The van der Waals surface area contributed by atoms with Crippen molar-refractivity contribution >= 4 is 55.4 Å². The number of benzene rings is 3. The molecule has 3 nitrogen and oxygen atoms in total. The van der Waals surface area contributed by atoms with E-state index in [9.17, 15) is 0 Å². The summed E-state index contributed by atoms with van der Waals surface area (Å²) in [5.41, 5.74) is 2.81. The Kier molecular flexibility index (Phi) is 7.54. The molecule has 3 aromatic carbocycles. The van der Waals surface area contributed by atoms with Gasteiger partial charge in [0.1, 0.15) is 18.1 Å². The highest BCUT2D eigenvalue weighted by molar-refractivity contribution is 9.11. The van der Waals surface area contributed by atoms with Gasteiger partial charge in [-0.1, -0.05) is 23.7 Å². The molecule has 0 N–H and O–H groups in total. The van der Waals surface area contributed by atoms with Gasteiger partial charge in [-0.2, -0.15) is 0 Å². The fourth-order valence-corrected chi connectivity index (χ4v) is 4.18. The van der Waals surface area contributed by atoms with Crippen LogP contribution >= 0.6 is 43.5 Å². The molecule has 3 rings (SSSR count). The molecule has 0 aliphatic heterocycles. The lowest BCUT2D eigenvalue weighted by Crippen LogP contribution is -1.97. The average Bonchev–Trinajstić information content (AvgIpc) is 2.67. The van der Waals surface area contributed by atoms with Crippen LogP contribution in [0.4, 0.5) is 5.69 Å². The summed E-state index contributed by atoms with van der Waals surface area (Å²) in [5, 5.41) is 0.695. The van der Waals surface area contributed by atoms with E-state index < -0.39 is 0 Å². The third-order valence-electron chi connectivity index (χ3n) is 3.80. The van der Waals surface area contributed by atoms with Crippen molar-refractivity contribution in [2.24, 2.45) is 4.99 Å². The van der Waals surface area contributed by atoms with Gasteiger partial charge in [-0.25, -0.2) is 0 Å². The van der Waals surface area contributed by atoms with E-state index in [4.69, 9.17) is 21.1 Å². The van der Waals surface area contributed by atoms with Crippen molar-refractivity contribution in [3.8, 4) is 11.5 Å². The van der Waals surface area contributed by atoms with E-state index in [1.54, 1.807) is 0 Å². The Balaban J connectivity index is 1.70. The van der Waals surface area contributed by atoms with Crippen molar-refractivity contribution < 1.29 is 9.47 Å². The maximum atomic E-state index is 6.02. The van der Waals surface area contributed by atoms with Gasteiger partial charge in [-0.3, -0.25) is 4.99 Å². The minimum Gasteiger partial charge on any atom is -0.494 e. The lowest BCUT2D eigenvalue weighted by atomic mass is 10.2. The number of aliphatic imine (C=N–C) groups is 1. The molecule has 6 heteroatoms. The highest BCUT2D eigenvalue weighted by Gasteiger charge is 2.09. The van der Waals surface area contributed by atoms with E-state index in [0.717, 1.165) is 37.3 Å². The molecule has 0 heterocycles. The predicted molar refractivity (Wildman–Crippen MR) is 122 cm³/mol. The molecule has 0 atom stereocenters. The van der Waals surface area contributed by atoms with Gasteiger partial charge in [0.05, 0.1) is 21.2 Å². The first-order valence-corrected chi connectivity index (χ1v) is 10.6. The molecule has 0 aliphatic carbocycles. The third kappa shape index (κ3) is 5.84. The first kappa shape index (κ1) is 20.9. The fraction of sp³-hybridized carbons (Fsp3) is 0.136. The number of hydrogen-bond acceptors (Lipinski definition) is 3. The molecular weight excluding hydrogens is 506 g/mol. The molecule has 0 fully saturated rings. The molecule has 28 heavy (non-hydrogen) atoms. The Morgan fingerprint density at radius 3 is 2.32 bits per heavy atom. The molecule has 0 unspecified atom stereocenters. The average molecular weight is 524 g/mol. The van der Waals surface area contributed by atoms with Gasteiger partial charge in [0.15, 0.2) is 0 Å². The van der Waals surface area contributed by atoms with E-state index >= 15 is 0 Å². The highest BCUT2D eigenvalue weighted by Crippen LogP contribution is 2.35. The quantitative estimate of drug-likeness (QED) is 0.299. The van der Waals surface area contributed by atoms with Crippen molar-refractivity contribution in [2.75, 3.05) is 6.61 Å². The number of nitrogens with zero attached hydrogens (tertiary/aromatic N) is 1. The summed E-state index contributed by atoms with van der Waals surface area (Å²) in [7, 11) is 0. The van der Waals surface area contributed by atoms with E-state index in [1.165, 1.54) is 0 Å². The lowest BCUT2D eigenvalue weighted by Gasteiger charge is -2.11. The second kappa shape index (κ2) is 10.1. The maximum absolute atomic E-state index is 6.02. The molecule has 3 aromatic rings. The van der Waals surface area contributed by atoms with Crippen LogP contribution in [0.15, 0.2) is 74.6 Å². The van der Waals surface area contributed by atoms with Crippen LogP contribution in [0.2, 0.25) is 5.02 Å². The SMILES string of the molecule is CCOc1ccc(N=Cc2cc(Br)c(OCc3cccc(Cl)c3)c(Br)c2)cc1. The van der Waals surface area contributed by atoms with Gasteiger partial charge >= 0.3 is 0 Å². The summed E-state index contributed by atoms with van der Waals surface area (Å²) in [5.74, 6) is 1.58. The van der Waals surface area contributed by atoms with Crippen LogP contribution in [0.3, 0.4) is 0 Å². The Labute approximate surface area is 186 Å². The van der Waals surface area contributed by atoms with E-state index in [1.807, 2.05) is 73.8 Å². The van der Waals surface area contributed by atoms with Crippen LogP contribution in [0.25, 0.3) is 0 Å². The molecule has 0 radical (unpaired) electrons. The summed E-state index contributed by atoms with van der Waals surface area (Å²) in [6.07, 6.45) is 1.81. The predicted octanol–water partition coefficient (Wildman–Crippen LogP) is 7.59. The molecule has 0 bridgehead atoms. The van der Waals surface area contributed by atoms with E-state index in [2.05, 4.69) is 36.9 Å². The zero-order chi connectivity index (χ0) is 19.9. The van der Waals surface area contributed by atoms with Crippen LogP contribution in [0, 0.1) is 0 Å². The van der Waals surface area contributed by atoms with Gasteiger partial charge < -0.3 is 9.47 Å². The summed E-state index contributed by atoms with van der Waals surface area (Å²) in [6, 6.07) is 19.2. The highest BCUT2D eigenvalue weighted by atomic mass is 79.9. The van der Waals surface area contributed by atoms with Crippen molar-refractivity contribution in [3.05, 3.63) is 85.8 Å². The van der Waals surface area contributed by atoms with Crippen LogP contribution < -0.4 is 9.47 Å². The summed E-state index contributed by atoms with van der Waals surface area (Å²) < 4.78 is 13.1. The van der Waals surface area contributed by atoms with Crippen molar-refractivity contribution in [3.63, 3.8) is 0 Å². The first-order valence-electron chi connectivity index (χ1n) is 8.68. The largest absolute Gasteiger partial charge is 0.494 e. The second-order valence-electron chi connectivity index (χ2n) is 5.92. The van der Waals surface area contributed by atoms with Crippen molar-refractivity contribution in [1.29, 1.82) is 0 Å².